The van der Waals surface area contributed by atoms with Crippen LogP contribution in [0, 0.1) is 0 Å². The standard InChI is InChI=1S/C20H16N2O4/c1-2-12-13-7-11(23)3-4-16(13)21-19-14(12)8-22-17(19)5-10-6-18(24)26-9-15(10)20(22)25/h3-5,7,23H,2,6,8-9H2,1H3. The van der Waals surface area contributed by atoms with Crippen LogP contribution in [0.15, 0.2) is 29.1 Å². The quantitative estimate of drug-likeness (QED) is 0.534. The Balaban J connectivity index is 1.82. The number of aromatic hydroxyl groups is 1. The second-order valence-corrected chi connectivity index (χ2v) is 6.73. The van der Waals surface area contributed by atoms with E-state index in [4.69, 9.17) is 9.72 Å². The van der Waals surface area contributed by atoms with Crippen molar-refractivity contribution in [2.45, 2.75) is 32.9 Å². The van der Waals surface area contributed by atoms with Crippen LogP contribution in [-0.4, -0.2) is 20.6 Å². The summed E-state index contributed by atoms with van der Waals surface area (Å²) < 4.78 is 6.76. The van der Waals surface area contributed by atoms with E-state index in [-0.39, 0.29) is 30.3 Å². The van der Waals surface area contributed by atoms with Crippen LogP contribution in [0.4, 0.5) is 0 Å². The number of benzene rings is 1. The van der Waals surface area contributed by atoms with Gasteiger partial charge < -0.3 is 14.4 Å². The van der Waals surface area contributed by atoms with Gasteiger partial charge in [-0.1, -0.05) is 6.92 Å². The summed E-state index contributed by atoms with van der Waals surface area (Å²) in [5, 5.41) is 10.8. The molecular weight excluding hydrogens is 332 g/mol. The topological polar surface area (TPSA) is 81.4 Å². The highest BCUT2D eigenvalue weighted by molar-refractivity contribution is 5.89. The van der Waals surface area contributed by atoms with E-state index in [1.54, 1.807) is 22.8 Å². The molecule has 0 unspecified atom stereocenters. The number of aromatic nitrogens is 2. The first-order valence-corrected chi connectivity index (χ1v) is 8.63. The Kier molecular flexibility index (Phi) is 3.01. The van der Waals surface area contributed by atoms with Crippen LogP contribution in [0.25, 0.3) is 22.3 Å². The number of carbonyl (C=O) groups is 1. The number of rotatable bonds is 1. The van der Waals surface area contributed by atoms with Gasteiger partial charge >= 0.3 is 5.97 Å². The summed E-state index contributed by atoms with van der Waals surface area (Å²) in [6.07, 6.45) is 0.894. The average Bonchev–Trinajstić information content (AvgIpc) is 2.98. The number of nitrogens with zero attached hydrogens (tertiary/aromatic N) is 2. The summed E-state index contributed by atoms with van der Waals surface area (Å²) in [4.78, 5) is 29.3. The van der Waals surface area contributed by atoms with Gasteiger partial charge in [0.25, 0.3) is 5.56 Å². The van der Waals surface area contributed by atoms with Crippen molar-refractivity contribution in [3.63, 3.8) is 0 Å². The zero-order valence-electron chi connectivity index (χ0n) is 14.2. The predicted octanol–water partition coefficient (Wildman–Crippen LogP) is 2.29. The van der Waals surface area contributed by atoms with Gasteiger partial charge in [0.15, 0.2) is 0 Å². The molecule has 0 bridgehead atoms. The average molecular weight is 348 g/mol. The van der Waals surface area contributed by atoms with E-state index in [0.29, 0.717) is 12.1 Å². The Morgan fingerprint density at radius 3 is 2.88 bits per heavy atom. The number of aryl methyl sites for hydroxylation is 1. The number of cyclic esters (lactones) is 1. The Morgan fingerprint density at radius 1 is 1.23 bits per heavy atom. The lowest BCUT2D eigenvalue weighted by molar-refractivity contribution is -0.145. The number of esters is 1. The Hall–Kier alpha value is -3.15. The van der Waals surface area contributed by atoms with Crippen LogP contribution in [0.2, 0.25) is 0 Å². The van der Waals surface area contributed by atoms with Crippen molar-refractivity contribution in [1.29, 1.82) is 0 Å². The fourth-order valence-corrected chi connectivity index (χ4v) is 4.07. The lowest BCUT2D eigenvalue weighted by atomic mass is 9.98. The summed E-state index contributed by atoms with van der Waals surface area (Å²) >= 11 is 0. The van der Waals surface area contributed by atoms with E-state index < -0.39 is 0 Å². The summed E-state index contributed by atoms with van der Waals surface area (Å²) in [5.41, 5.74) is 5.61. The SMILES string of the molecule is CCc1c2c(nc3ccc(O)cc13)-c1cc3c(c(=O)n1C2)COC(=O)C3. The van der Waals surface area contributed by atoms with Crippen molar-refractivity contribution in [3.05, 3.63) is 56.9 Å². The van der Waals surface area contributed by atoms with E-state index in [1.165, 1.54) is 0 Å². The summed E-state index contributed by atoms with van der Waals surface area (Å²) in [6.45, 7) is 2.54. The number of ether oxygens (including phenoxy) is 1. The fourth-order valence-electron chi connectivity index (χ4n) is 4.07. The molecule has 1 aromatic carbocycles. The molecule has 130 valence electrons. The van der Waals surface area contributed by atoms with Gasteiger partial charge in [0, 0.05) is 10.9 Å². The highest BCUT2D eigenvalue weighted by Crippen LogP contribution is 2.37. The molecule has 5 rings (SSSR count). The van der Waals surface area contributed by atoms with E-state index in [0.717, 1.165) is 45.4 Å². The molecule has 6 heteroatoms. The van der Waals surface area contributed by atoms with Crippen LogP contribution in [0.5, 0.6) is 5.75 Å². The van der Waals surface area contributed by atoms with Gasteiger partial charge in [-0.3, -0.25) is 9.59 Å². The first-order chi connectivity index (χ1) is 12.6. The highest BCUT2D eigenvalue weighted by atomic mass is 16.5. The maximum Gasteiger partial charge on any atom is 0.310 e. The molecule has 0 fully saturated rings. The molecule has 0 radical (unpaired) electrons. The molecule has 0 atom stereocenters. The maximum atomic E-state index is 12.9. The number of fused-ring (bicyclic) bond motifs is 5. The molecule has 6 nitrogen and oxygen atoms in total. The number of phenols is 1. The number of hydrogen-bond donors (Lipinski definition) is 1. The second-order valence-electron chi connectivity index (χ2n) is 6.73. The van der Waals surface area contributed by atoms with Crippen LogP contribution in [0.3, 0.4) is 0 Å². The summed E-state index contributed by atoms with van der Waals surface area (Å²) in [6, 6.07) is 7.04. The van der Waals surface area contributed by atoms with Gasteiger partial charge in [0.1, 0.15) is 12.4 Å². The number of hydrogen-bond acceptors (Lipinski definition) is 5. The molecule has 4 heterocycles. The van der Waals surface area contributed by atoms with E-state index in [2.05, 4.69) is 6.92 Å². The smallest absolute Gasteiger partial charge is 0.310 e. The van der Waals surface area contributed by atoms with E-state index in [9.17, 15) is 14.7 Å². The van der Waals surface area contributed by atoms with Crippen molar-refractivity contribution in [1.82, 2.24) is 9.55 Å². The molecule has 0 amide bonds. The van der Waals surface area contributed by atoms with E-state index >= 15 is 0 Å². The molecule has 3 aromatic rings. The van der Waals surface area contributed by atoms with Crippen LogP contribution in [0.1, 0.15) is 29.2 Å². The van der Waals surface area contributed by atoms with Crippen molar-refractivity contribution in [3.8, 4) is 17.1 Å². The summed E-state index contributed by atoms with van der Waals surface area (Å²) in [7, 11) is 0. The summed E-state index contributed by atoms with van der Waals surface area (Å²) in [5.74, 6) is -0.107. The second kappa shape index (κ2) is 5.17. The Bertz CT molecular complexity index is 1180. The number of carbonyl (C=O) groups excluding carboxylic acids is 1. The lowest BCUT2D eigenvalue weighted by Crippen LogP contribution is -2.30. The maximum absolute atomic E-state index is 12.9. The normalized spacial score (nSPS) is 14.7. The zero-order valence-corrected chi connectivity index (χ0v) is 14.2. The van der Waals surface area contributed by atoms with Gasteiger partial charge in [-0.05, 0) is 41.8 Å². The Labute approximate surface area is 148 Å². The molecule has 0 aliphatic carbocycles. The molecule has 2 aromatic heterocycles. The van der Waals surface area contributed by atoms with Crippen LogP contribution in [-0.2, 0) is 35.5 Å². The molecule has 1 N–H and O–H groups in total. The Morgan fingerprint density at radius 2 is 2.08 bits per heavy atom. The molecule has 2 aliphatic rings. The van der Waals surface area contributed by atoms with Gasteiger partial charge in [0.2, 0.25) is 0 Å². The van der Waals surface area contributed by atoms with E-state index in [1.807, 2.05) is 6.07 Å². The minimum atomic E-state index is -0.309. The lowest BCUT2D eigenvalue weighted by Gasteiger charge is -2.17. The largest absolute Gasteiger partial charge is 0.508 e. The van der Waals surface area contributed by atoms with Gasteiger partial charge in [-0.25, -0.2) is 4.98 Å². The fraction of sp³-hybridized carbons (Fsp3) is 0.250. The molecule has 0 saturated carbocycles. The first kappa shape index (κ1) is 15.1. The molecule has 0 spiro atoms. The molecule has 2 aliphatic heterocycles. The third-order valence-electron chi connectivity index (χ3n) is 5.30. The van der Waals surface area contributed by atoms with Crippen molar-refractivity contribution < 1.29 is 14.6 Å². The van der Waals surface area contributed by atoms with Crippen LogP contribution >= 0.6 is 0 Å². The zero-order chi connectivity index (χ0) is 18.0. The number of phenolic OH excluding ortho intramolecular Hbond substituents is 1. The number of pyridine rings is 2. The van der Waals surface area contributed by atoms with Crippen molar-refractivity contribution in [2.75, 3.05) is 0 Å². The highest BCUT2D eigenvalue weighted by Gasteiger charge is 2.30. The molecule has 26 heavy (non-hydrogen) atoms. The molecular formula is C20H16N2O4. The third kappa shape index (κ3) is 1.95. The predicted molar refractivity (Wildman–Crippen MR) is 95.1 cm³/mol. The van der Waals surface area contributed by atoms with Gasteiger partial charge in [-0.15, -0.1) is 0 Å². The minimum Gasteiger partial charge on any atom is -0.508 e. The van der Waals surface area contributed by atoms with Crippen molar-refractivity contribution in [2.24, 2.45) is 0 Å². The van der Waals surface area contributed by atoms with Crippen LogP contribution < -0.4 is 5.56 Å². The monoisotopic (exact) mass is 348 g/mol. The molecule has 0 saturated heterocycles. The van der Waals surface area contributed by atoms with Gasteiger partial charge in [0.05, 0.1) is 35.4 Å². The minimum absolute atomic E-state index is 0.0353. The van der Waals surface area contributed by atoms with Gasteiger partial charge in [-0.2, -0.15) is 0 Å². The third-order valence-corrected chi connectivity index (χ3v) is 5.30. The first-order valence-electron chi connectivity index (χ1n) is 8.63. The van der Waals surface area contributed by atoms with Crippen molar-refractivity contribution >= 4 is 16.9 Å².